The number of aromatic amines is 1. The van der Waals surface area contributed by atoms with Gasteiger partial charge in [0.1, 0.15) is 0 Å². The summed E-state index contributed by atoms with van der Waals surface area (Å²) in [4.78, 5) is 20.2. The van der Waals surface area contributed by atoms with Crippen LogP contribution < -0.4 is 11.5 Å². The summed E-state index contributed by atoms with van der Waals surface area (Å²) in [6, 6.07) is 9.70. The smallest absolute Gasteiger partial charge is 0.337 e. The van der Waals surface area contributed by atoms with Gasteiger partial charge in [0.15, 0.2) is 0 Å². The van der Waals surface area contributed by atoms with Crippen molar-refractivity contribution in [2.75, 3.05) is 0 Å². The van der Waals surface area contributed by atoms with E-state index in [2.05, 4.69) is 21.8 Å². The van der Waals surface area contributed by atoms with E-state index < -0.39 is 11.5 Å². The standard InChI is InChI=1S/C27H28N4O2/c1-27(2,29)12-11-15-3-5-16(6-4-15)21-13-20-18(14-30-21)9-10-19-22(26(32)33)25(31-24(19)20)23(28)17-7-8-17/h3-6,13-14,17,23,31H,7-10,28-29H2,1-2H3,(H,32,33). The molecular formula is C27H28N4O2. The molecule has 1 aromatic carbocycles. The van der Waals surface area contributed by atoms with E-state index >= 15 is 0 Å². The van der Waals surface area contributed by atoms with Crippen LogP contribution in [0.3, 0.4) is 0 Å². The Hall–Kier alpha value is -3.40. The highest BCUT2D eigenvalue weighted by Gasteiger charge is 2.36. The van der Waals surface area contributed by atoms with Gasteiger partial charge in [-0.1, -0.05) is 24.0 Å². The highest BCUT2D eigenvalue weighted by molar-refractivity contribution is 5.95. The van der Waals surface area contributed by atoms with E-state index in [-0.39, 0.29) is 6.04 Å². The molecule has 3 aromatic rings. The highest BCUT2D eigenvalue weighted by atomic mass is 16.4. The van der Waals surface area contributed by atoms with Crippen LogP contribution in [0.4, 0.5) is 0 Å². The largest absolute Gasteiger partial charge is 0.478 e. The highest BCUT2D eigenvalue weighted by Crippen LogP contribution is 2.44. The third-order valence-electron chi connectivity index (χ3n) is 6.42. The molecule has 1 saturated carbocycles. The Kier molecular flexibility index (Phi) is 5.12. The molecule has 6 nitrogen and oxygen atoms in total. The molecule has 0 aliphatic heterocycles. The Morgan fingerprint density at radius 3 is 2.61 bits per heavy atom. The zero-order chi connectivity index (χ0) is 23.3. The number of hydrogen-bond acceptors (Lipinski definition) is 4. The lowest BCUT2D eigenvalue weighted by atomic mass is 9.88. The lowest BCUT2D eigenvalue weighted by Gasteiger charge is -2.17. The van der Waals surface area contributed by atoms with Crippen LogP contribution in [0.25, 0.3) is 22.5 Å². The summed E-state index contributed by atoms with van der Waals surface area (Å²) < 4.78 is 0. The van der Waals surface area contributed by atoms with Gasteiger partial charge >= 0.3 is 5.97 Å². The molecule has 1 atom stereocenters. The number of benzene rings is 1. The van der Waals surface area contributed by atoms with E-state index in [4.69, 9.17) is 11.5 Å². The molecule has 33 heavy (non-hydrogen) atoms. The number of aryl methyl sites for hydroxylation is 1. The third-order valence-corrected chi connectivity index (χ3v) is 6.42. The molecule has 2 aliphatic rings. The number of aromatic nitrogens is 2. The first-order valence-corrected chi connectivity index (χ1v) is 11.4. The zero-order valence-electron chi connectivity index (χ0n) is 18.9. The second-order valence-corrected chi connectivity index (χ2v) is 9.71. The number of hydrogen-bond donors (Lipinski definition) is 4. The second kappa shape index (κ2) is 7.87. The molecule has 0 bridgehead atoms. The van der Waals surface area contributed by atoms with Crippen LogP contribution in [0.5, 0.6) is 0 Å². The molecule has 5 rings (SSSR count). The fourth-order valence-electron chi connectivity index (χ4n) is 4.52. The van der Waals surface area contributed by atoms with Crippen molar-refractivity contribution in [3.8, 4) is 34.4 Å². The third kappa shape index (κ3) is 4.18. The first kappa shape index (κ1) is 21.4. The van der Waals surface area contributed by atoms with E-state index in [1.807, 2.05) is 50.4 Å². The number of nitrogens with one attached hydrogen (secondary N) is 1. The number of fused-ring (bicyclic) bond motifs is 3. The van der Waals surface area contributed by atoms with Gasteiger partial charge in [-0.3, -0.25) is 4.98 Å². The molecule has 2 heterocycles. The number of aromatic carboxylic acids is 1. The Labute approximate surface area is 193 Å². The maximum atomic E-state index is 12.1. The minimum Gasteiger partial charge on any atom is -0.478 e. The summed E-state index contributed by atoms with van der Waals surface area (Å²) in [5.74, 6) is 5.59. The molecule has 6 N–H and O–H groups in total. The van der Waals surface area contributed by atoms with Crippen molar-refractivity contribution in [3.63, 3.8) is 0 Å². The molecule has 6 heteroatoms. The van der Waals surface area contributed by atoms with Gasteiger partial charge in [-0.2, -0.15) is 0 Å². The maximum Gasteiger partial charge on any atom is 0.337 e. The van der Waals surface area contributed by atoms with Gasteiger partial charge in [0.05, 0.1) is 22.5 Å². The van der Waals surface area contributed by atoms with Gasteiger partial charge in [0, 0.05) is 34.6 Å². The van der Waals surface area contributed by atoms with E-state index in [0.29, 0.717) is 23.6 Å². The van der Waals surface area contributed by atoms with Crippen LogP contribution in [0, 0.1) is 17.8 Å². The number of nitrogens with zero attached hydrogens (tertiary/aromatic N) is 1. The first-order chi connectivity index (χ1) is 15.7. The van der Waals surface area contributed by atoms with Crippen molar-refractivity contribution in [2.24, 2.45) is 17.4 Å². The predicted molar refractivity (Wildman–Crippen MR) is 129 cm³/mol. The summed E-state index contributed by atoms with van der Waals surface area (Å²) in [6.45, 7) is 3.75. The predicted octanol–water partition coefficient (Wildman–Crippen LogP) is 4.04. The maximum absolute atomic E-state index is 12.1. The van der Waals surface area contributed by atoms with Gasteiger partial charge in [-0.25, -0.2) is 4.79 Å². The van der Waals surface area contributed by atoms with E-state index in [9.17, 15) is 9.90 Å². The van der Waals surface area contributed by atoms with Gasteiger partial charge < -0.3 is 21.6 Å². The fraction of sp³-hybridized carbons (Fsp3) is 0.333. The molecule has 2 aromatic heterocycles. The molecule has 0 saturated heterocycles. The second-order valence-electron chi connectivity index (χ2n) is 9.71. The quantitative estimate of drug-likeness (QED) is 0.457. The van der Waals surface area contributed by atoms with E-state index in [1.165, 1.54) is 0 Å². The number of pyridine rings is 1. The lowest BCUT2D eigenvalue weighted by Crippen LogP contribution is -2.29. The molecule has 2 aliphatic carbocycles. The number of nitrogens with two attached hydrogens (primary N) is 2. The Morgan fingerprint density at radius 1 is 1.24 bits per heavy atom. The summed E-state index contributed by atoms with van der Waals surface area (Å²) >= 11 is 0. The number of carboxylic acid groups (broad SMARTS) is 1. The van der Waals surface area contributed by atoms with Crippen LogP contribution in [0.1, 0.15) is 65.5 Å². The number of rotatable bonds is 4. The molecule has 1 unspecified atom stereocenters. The van der Waals surface area contributed by atoms with Gasteiger partial charge in [-0.05, 0) is 74.8 Å². The Morgan fingerprint density at radius 2 is 1.97 bits per heavy atom. The van der Waals surface area contributed by atoms with Crippen molar-refractivity contribution in [3.05, 3.63) is 64.5 Å². The first-order valence-electron chi connectivity index (χ1n) is 11.4. The van der Waals surface area contributed by atoms with Gasteiger partial charge in [-0.15, -0.1) is 0 Å². The number of H-pyrrole nitrogens is 1. The van der Waals surface area contributed by atoms with Gasteiger partial charge in [0.25, 0.3) is 0 Å². The molecule has 1 fully saturated rings. The van der Waals surface area contributed by atoms with Crippen molar-refractivity contribution in [1.82, 2.24) is 9.97 Å². The number of carboxylic acids is 1. The van der Waals surface area contributed by atoms with Crippen molar-refractivity contribution < 1.29 is 9.90 Å². The normalized spacial score (nSPS) is 15.8. The Bertz CT molecular complexity index is 1300. The van der Waals surface area contributed by atoms with E-state index in [0.717, 1.165) is 58.5 Å². The minimum absolute atomic E-state index is 0.265. The van der Waals surface area contributed by atoms with Crippen LogP contribution >= 0.6 is 0 Å². The summed E-state index contributed by atoms with van der Waals surface area (Å²) in [7, 11) is 0. The molecular weight excluding hydrogens is 412 g/mol. The van der Waals surface area contributed by atoms with Crippen LogP contribution in [-0.4, -0.2) is 26.6 Å². The van der Waals surface area contributed by atoms with Crippen LogP contribution in [0.15, 0.2) is 36.5 Å². The monoisotopic (exact) mass is 440 g/mol. The summed E-state index contributed by atoms with van der Waals surface area (Å²) in [5, 5.41) is 9.96. The Balaban J connectivity index is 1.53. The van der Waals surface area contributed by atoms with Crippen molar-refractivity contribution >= 4 is 5.97 Å². The van der Waals surface area contributed by atoms with Crippen LogP contribution in [-0.2, 0) is 12.8 Å². The lowest BCUT2D eigenvalue weighted by molar-refractivity contribution is 0.0694. The topological polar surface area (TPSA) is 118 Å². The van der Waals surface area contributed by atoms with Crippen molar-refractivity contribution in [1.29, 1.82) is 0 Å². The fourth-order valence-corrected chi connectivity index (χ4v) is 4.52. The average molecular weight is 441 g/mol. The SMILES string of the molecule is CC(C)(N)C#Cc1ccc(-c2cc3c(cn2)CCc2c-3[nH]c(C(N)C3CC3)c2C(=O)O)cc1. The average Bonchev–Trinajstić information content (AvgIpc) is 3.55. The number of carbonyl (C=O) groups is 1. The summed E-state index contributed by atoms with van der Waals surface area (Å²) in [6.07, 6.45) is 5.44. The molecule has 168 valence electrons. The van der Waals surface area contributed by atoms with Crippen LogP contribution in [0.2, 0.25) is 0 Å². The van der Waals surface area contributed by atoms with Crippen molar-refractivity contribution in [2.45, 2.75) is 51.1 Å². The molecule has 0 amide bonds. The zero-order valence-corrected chi connectivity index (χ0v) is 18.9. The minimum atomic E-state index is -0.909. The van der Waals surface area contributed by atoms with Gasteiger partial charge in [0.2, 0.25) is 0 Å². The van der Waals surface area contributed by atoms with E-state index in [1.54, 1.807) is 0 Å². The molecule has 0 spiro atoms. The summed E-state index contributed by atoms with van der Waals surface area (Å²) in [5.41, 5.74) is 19.4. The molecule has 0 radical (unpaired) electrons.